The van der Waals surface area contributed by atoms with Gasteiger partial charge in [-0.1, -0.05) is 24.3 Å². The Morgan fingerprint density at radius 1 is 1.19 bits per heavy atom. The van der Waals surface area contributed by atoms with Crippen molar-refractivity contribution in [1.82, 2.24) is 4.90 Å². The standard InChI is InChI=1S/C20H20N2O4/c1-21-16-4-2-3-5-18(16)26-15-10-17(19(21)23)22(12-15)11-13-6-8-14(9-7-13)20(24)25/h2-9,15,17H,10-12H2,1H3,(H,24,25)/t15-,17-/m0/s1. The molecule has 0 radical (unpaired) electrons. The fourth-order valence-corrected chi connectivity index (χ4v) is 3.72. The number of fused-ring (bicyclic) bond motifs is 3. The molecule has 2 bridgehead atoms. The zero-order valence-electron chi connectivity index (χ0n) is 14.5. The third-order valence-electron chi connectivity index (χ3n) is 5.09. The van der Waals surface area contributed by atoms with Crippen molar-refractivity contribution in [2.45, 2.75) is 25.1 Å². The van der Waals surface area contributed by atoms with E-state index in [2.05, 4.69) is 4.90 Å². The molecule has 2 aliphatic heterocycles. The van der Waals surface area contributed by atoms with Crippen molar-refractivity contribution in [3.8, 4) is 5.75 Å². The van der Waals surface area contributed by atoms with Crippen molar-refractivity contribution in [1.29, 1.82) is 0 Å². The van der Waals surface area contributed by atoms with E-state index < -0.39 is 5.97 Å². The van der Waals surface area contributed by atoms with Crippen LogP contribution in [0.2, 0.25) is 0 Å². The number of aromatic carboxylic acids is 1. The fourth-order valence-electron chi connectivity index (χ4n) is 3.72. The molecule has 2 heterocycles. The van der Waals surface area contributed by atoms with E-state index in [1.165, 1.54) is 0 Å². The van der Waals surface area contributed by atoms with Crippen LogP contribution in [-0.2, 0) is 11.3 Å². The largest absolute Gasteiger partial charge is 0.487 e. The number of carbonyl (C=O) groups excluding carboxylic acids is 1. The van der Waals surface area contributed by atoms with Gasteiger partial charge in [-0.05, 0) is 29.8 Å². The average molecular weight is 352 g/mol. The molecule has 0 unspecified atom stereocenters. The first kappa shape index (κ1) is 16.6. The van der Waals surface area contributed by atoms with Crippen LogP contribution < -0.4 is 9.64 Å². The molecule has 2 aliphatic rings. The molecule has 26 heavy (non-hydrogen) atoms. The van der Waals surface area contributed by atoms with Gasteiger partial charge in [0.15, 0.2) is 0 Å². The van der Waals surface area contributed by atoms with Crippen LogP contribution in [0.5, 0.6) is 5.75 Å². The molecule has 2 atom stereocenters. The minimum atomic E-state index is -0.940. The molecule has 1 N–H and O–H groups in total. The molecular formula is C20H20N2O4. The summed E-state index contributed by atoms with van der Waals surface area (Å²) in [5.74, 6) is -0.144. The van der Waals surface area contributed by atoms with Crippen molar-refractivity contribution in [3.63, 3.8) is 0 Å². The van der Waals surface area contributed by atoms with Gasteiger partial charge >= 0.3 is 5.97 Å². The van der Waals surface area contributed by atoms with Crippen molar-refractivity contribution in [3.05, 3.63) is 59.7 Å². The monoisotopic (exact) mass is 352 g/mol. The number of benzene rings is 2. The zero-order chi connectivity index (χ0) is 18.3. The Kier molecular flexibility index (Phi) is 4.12. The number of anilines is 1. The Labute approximate surface area is 151 Å². The number of rotatable bonds is 3. The molecule has 0 saturated carbocycles. The van der Waals surface area contributed by atoms with E-state index in [1.807, 2.05) is 24.3 Å². The summed E-state index contributed by atoms with van der Waals surface area (Å²) in [6, 6.07) is 14.2. The van der Waals surface area contributed by atoms with Gasteiger partial charge in [0.2, 0.25) is 5.91 Å². The number of carboxylic acids is 1. The minimum absolute atomic E-state index is 0.0305. The van der Waals surface area contributed by atoms with Gasteiger partial charge in [0.1, 0.15) is 11.9 Å². The van der Waals surface area contributed by atoms with E-state index in [-0.39, 0.29) is 23.6 Å². The van der Waals surface area contributed by atoms with Gasteiger partial charge in [0.05, 0.1) is 17.3 Å². The molecule has 1 saturated heterocycles. The van der Waals surface area contributed by atoms with Crippen LogP contribution in [0.1, 0.15) is 22.3 Å². The lowest BCUT2D eigenvalue weighted by molar-refractivity contribution is -0.122. The van der Waals surface area contributed by atoms with Gasteiger partial charge < -0.3 is 14.7 Å². The summed E-state index contributed by atoms with van der Waals surface area (Å²) >= 11 is 0. The summed E-state index contributed by atoms with van der Waals surface area (Å²) in [6.45, 7) is 1.25. The molecule has 2 aromatic carbocycles. The first-order valence-corrected chi connectivity index (χ1v) is 8.62. The first-order valence-electron chi connectivity index (χ1n) is 8.62. The van der Waals surface area contributed by atoms with E-state index in [0.717, 1.165) is 17.0 Å². The topological polar surface area (TPSA) is 70.1 Å². The number of likely N-dealkylation sites (tertiary alicyclic amines) is 1. The van der Waals surface area contributed by atoms with E-state index in [4.69, 9.17) is 9.84 Å². The lowest BCUT2D eigenvalue weighted by Gasteiger charge is -2.29. The highest BCUT2D eigenvalue weighted by molar-refractivity contribution is 5.98. The number of hydrogen-bond donors (Lipinski definition) is 1. The Bertz CT molecular complexity index is 849. The van der Waals surface area contributed by atoms with Gasteiger partial charge in [-0.25, -0.2) is 4.79 Å². The van der Waals surface area contributed by atoms with Crippen LogP contribution >= 0.6 is 0 Å². The summed E-state index contributed by atoms with van der Waals surface area (Å²) in [5.41, 5.74) is 2.03. The quantitative estimate of drug-likeness (QED) is 0.918. The summed E-state index contributed by atoms with van der Waals surface area (Å²) in [7, 11) is 1.78. The molecule has 1 fully saturated rings. The minimum Gasteiger partial charge on any atom is -0.487 e. The summed E-state index contributed by atoms with van der Waals surface area (Å²) in [6.07, 6.45) is 0.627. The third-order valence-corrected chi connectivity index (χ3v) is 5.09. The molecule has 6 heteroatoms. The fraction of sp³-hybridized carbons (Fsp3) is 0.300. The van der Waals surface area contributed by atoms with Gasteiger partial charge in [-0.3, -0.25) is 9.69 Å². The maximum absolute atomic E-state index is 13.0. The highest BCUT2D eigenvalue weighted by Gasteiger charge is 2.41. The van der Waals surface area contributed by atoms with Crippen molar-refractivity contribution < 1.29 is 19.4 Å². The van der Waals surface area contributed by atoms with Crippen LogP contribution in [0.4, 0.5) is 5.69 Å². The highest BCUT2D eigenvalue weighted by Crippen LogP contribution is 2.35. The lowest BCUT2D eigenvalue weighted by Crippen LogP contribution is -2.44. The zero-order valence-corrected chi connectivity index (χ0v) is 14.5. The molecule has 0 aromatic heterocycles. The molecule has 0 spiro atoms. The Morgan fingerprint density at radius 2 is 1.92 bits per heavy atom. The van der Waals surface area contributed by atoms with E-state index in [0.29, 0.717) is 19.5 Å². The van der Waals surface area contributed by atoms with Crippen molar-refractivity contribution in [2.24, 2.45) is 0 Å². The molecule has 4 rings (SSSR count). The van der Waals surface area contributed by atoms with Gasteiger partial charge in [0.25, 0.3) is 0 Å². The van der Waals surface area contributed by atoms with Gasteiger partial charge in [0, 0.05) is 26.6 Å². The number of ether oxygens (including phenoxy) is 1. The van der Waals surface area contributed by atoms with Crippen LogP contribution in [0.3, 0.4) is 0 Å². The maximum atomic E-state index is 13.0. The number of carboxylic acid groups (broad SMARTS) is 1. The Hall–Kier alpha value is -2.86. The smallest absolute Gasteiger partial charge is 0.335 e. The number of para-hydroxylation sites is 2. The molecule has 6 nitrogen and oxygen atoms in total. The van der Waals surface area contributed by atoms with Crippen LogP contribution in [0.15, 0.2) is 48.5 Å². The second kappa shape index (κ2) is 6.46. The summed E-state index contributed by atoms with van der Waals surface area (Å²) in [5, 5.41) is 9.02. The number of amides is 1. The van der Waals surface area contributed by atoms with Gasteiger partial charge in [-0.2, -0.15) is 0 Å². The number of nitrogens with zero attached hydrogens (tertiary/aromatic N) is 2. The maximum Gasteiger partial charge on any atom is 0.335 e. The Morgan fingerprint density at radius 3 is 2.65 bits per heavy atom. The molecule has 0 aliphatic carbocycles. The van der Waals surface area contributed by atoms with Crippen LogP contribution in [-0.4, -0.2) is 47.6 Å². The SMILES string of the molecule is CN1C(=O)[C@@H]2C[C@@H](CN2Cc2ccc(C(=O)O)cc2)Oc2ccccc21. The number of likely N-dealkylation sites (N-methyl/N-ethyl adjacent to an activating group) is 1. The second-order valence-corrected chi connectivity index (χ2v) is 6.79. The van der Waals surface area contributed by atoms with Gasteiger partial charge in [-0.15, -0.1) is 0 Å². The average Bonchev–Trinajstić information content (AvgIpc) is 3.04. The predicted octanol–water partition coefficient (Wildman–Crippen LogP) is 2.38. The molecular weight excluding hydrogens is 332 g/mol. The van der Waals surface area contributed by atoms with E-state index >= 15 is 0 Å². The predicted molar refractivity (Wildman–Crippen MR) is 96.5 cm³/mol. The summed E-state index contributed by atoms with van der Waals surface area (Å²) < 4.78 is 6.15. The Balaban J connectivity index is 1.57. The normalized spacial score (nSPS) is 22.3. The van der Waals surface area contributed by atoms with E-state index in [1.54, 1.807) is 36.2 Å². The van der Waals surface area contributed by atoms with Crippen molar-refractivity contribution in [2.75, 3.05) is 18.5 Å². The van der Waals surface area contributed by atoms with Crippen molar-refractivity contribution >= 4 is 17.6 Å². The number of hydrogen-bond acceptors (Lipinski definition) is 4. The molecule has 134 valence electrons. The van der Waals surface area contributed by atoms with Crippen LogP contribution in [0.25, 0.3) is 0 Å². The number of carbonyl (C=O) groups is 2. The highest BCUT2D eigenvalue weighted by atomic mass is 16.5. The van der Waals surface area contributed by atoms with E-state index in [9.17, 15) is 9.59 Å². The molecule has 2 aromatic rings. The molecule has 1 amide bonds. The third kappa shape index (κ3) is 2.93. The second-order valence-electron chi connectivity index (χ2n) is 6.79. The lowest BCUT2D eigenvalue weighted by atomic mass is 10.1. The van der Waals surface area contributed by atoms with Crippen LogP contribution in [0, 0.1) is 0 Å². The summed E-state index contributed by atoms with van der Waals surface area (Å²) in [4.78, 5) is 27.8. The first-order chi connectivity index (χ1) is 12.5.